The van der Waals surface area contributed by atoms with Gasteiger partial charge < -0.3 is 10.6 Å². The van der Waals surface area contributed by atoms with Crippen LogP contribution in [-0.4, -0.2) is 18.9 Å². The third kappa shape index (κ3) is 3.15. The monoisotopic (exact) mass is 273 g/mol. The van der Waals surface area contributed by atoms with Crippen LogP contribution in [-0.2, 0) is 6.42 Å². The Kier molecular flexibility index (Phi) is 4.22. The van der Waals surface area contributed by atoms with Gasteiger partial charge in [-0.05, 0) is 30.5 Å². The lowest BCUT2D eigenvalue weighted by Crippen LogP contribution is -2.32. The Balaban J connectivity index is 2.19. The van der Waals surface area contributed by atoms with Gasteiger partial charge in [0, 0.05) is 35.6 Å². The zero-order valence-electron chi connectivity index (χ0n) is 11.3. The first kappa shape index (κ1) is 13.6. The largest absolute Gasteiger partial charge is 0.384 e. The molecule has 0 fully saturated rings. The van der Waals surface area contributed by atoms with Crippen LogP contribution in [0.15, 0.2) is 41.8 Å². The molecule has 2 aromatic rings. The molecule has 0 saturated carbocycles. The summed E-state index contributed by atoms with van der Waals surface area (Å²) in [6, 6.07) is 12.4. The lowest BCUT2D eigenvalue weighted by molar-refractivity contribution is 0.688. The molecule has 4 heteroatoms. The molecule has 3 N–H and O–H groups in total. The summed E-state index contributed by atoms with van der Waals surface area (Å²) in [5.41, 5.74) is 7.45. The summed E-state index contributed by atoms with van der Waals surface area (Å²) in [7, 11) is 2.06. The smallest absolute Gasteiger partial charge is 0.124 e. The van der Waals surface area contributed by atoms with Crippen LogP contribution < -0.4 is 10.6 Å². The lowest BCUT2D eigenvalue weighted by atomic mass is 10.1. The van der Waals surface area contributed by atoms with Crippen molar-refractivity contribution in [2.24, 2.45) is 5.73 Å². The van der Waals surface area contributed by atoms with Gasteiger partial charge in [0.05, 0.1) is 0 Å². The summed E-state index contributed by atoms with van der Waals surface area (Å²) < 4.78 is 0. The first-order valence-corrected chi connectivity index (χ1v) is 7.16. The molecule has 0 spiro atoms. The second-order valence-electron chi connectivity index (χ2n) is 4.67. The zero-order valence-corrected chi connectivity index (χ0v) is 12.1. The van der Waals surface area contributed by atoms with Crippen LogP contribution >= 0.6 is 11.3 Å². The van der Waals surface area contributed by atoms with Gasteiger partial charge in [0.1, 0.15) is 5.84 Å². The first-order chi connectivity index (χ1) is 9.09. The second-order valence-corrected chi connectivity index (χ2v) is 5.71. The van der Waals surface area contributed by atoms with E-state index < -0.39 is 0 Å². The standard InChI is InChI=1S/C15H19N3S/c1-11(10-12-6-5-9-19-12)18(2)14-8-4-3-7-13(14)15(16)17/h3-9,11H,10H2,1-2H3,(H3,16,17). The molecule has 100 valence electrons. The highest BCUT2D eigenvalue weighted by Crippen LogP contribution is 2.23. The average molecular weight is 273 g/mol. The van der Waals surface area contributed by atoms with Crippen LogP contribution in [0.25, 0.3) is 0 Å². The topological polar surface area (TPSA) is 53.1 Å². The van der Waals surface area contributed by atoms with Crippen molar-refractivity contribution in [2.45, 2.75) is 19.4 Å². The van der Waals surface area contributed by atoms with E-state index in [1.807, 2.05) is 24.3 Å². The minimum atomic E-state index is 0.116. The summed E-state index contributed by atoms with van der Waals surface area (Å²) in [6.07, 6.45) is 1.00. The molecular weight excluding hydrogens is 254 g/mol. The Labute approximate surface area is 118 Å². The number of hydrogen-bond donors (Lipinski definition) is 2. The molecule has 0 radical (unpaired) electrons. The van der Waals surface area contributed by atoms with E-state index in [2.05, 4.69) is 36.4 Å². The molecule has 1 aromatic heterocycles. The molecule has 0 aliphatic carbocycles. The normalized spacial score (nSPS) is 12.1. The number of amidine groups is 1. The van der Waals surface area contributed by atoms with Crippen molar-refractivity contribution >= 4 is 22.9 Å². The Morgan fingerprint density at radius 1 is 1.32 bits per heavy atom. The summed E-state index contributed by atoms with van der Waals surface area (Å²) in [6.45, 7) is 2.19. The van der Waals surface area contributed by atoms with E-state index in [-0.39, 0.29) is 5.84 Å². The summed E-state index contributed by atoms with van der Waals surface area (Å²) >= 11 is 1.78. The quantitative estimate of drug-likeness (QED) is 0.649. The van der Waals surface area contributed by atoms with Crippen molar-refractivity contribution in [3.63, 3.8) is 0 Å². The number of likely N-dealkylation sites (N-methyl/N-ethyl adjacent to an activating group) is 1. The van der Waals surface area contributed by atoms with E-state index >= 15 is 0 Å². The maximum Gasteiger partial charge on any atom is 0.124 e. The van der Waals surface area contributed by atoms with Crippen LogP contribution in [0.1, 0.15) is 17.4 Å². The summed E-state index contributed by atoms with van der Waals surface area (Å²) in [5.74, 6) is 0.116. The number of hydrogen-bond acceptors (Lipinski definition) is 3. The van der Waals surface area contributed by atoms with Crippen molar-refractivity contribution in [3.05, 3.63) is 52.2 Å². The molecule has 0 amide bonds. The van der Waals surface area contributed by atoms with Crippen molar-refractivity contribution in [1.82, 2.24) is 0 Å². The highest BCUT2D eigenvalue weighted by molar-refractivity contribution is 7.09. The molecule has 0 aliphatic rings. The van der Waals surface area contributed by atoms with Gasteiger partial charge in [-0.1, -0.05) is 18.2 Å². The van der Waals surface area contributed by atoms with Crippen LogP contribution in [0, 0.1) is 5.41 Å². The van der Waals surface area contributed by atoms with Gasteiger partial charge in [-0.3, -0.25) is 5.41 Å². The Morgan fingerprint density at radius 2 is 2.05 bits per heavy atom. The molecule has 1 aromatic carbocycles. The molecule has 1 unspecified atom stereocenters. The third-order valence-electron chi connectivity index (χ3n) is 3.31. The van der Waals surface area contributed by atoms with E-state index in [4.69, 9.17) is 11.1 Å². The molecule has 1 atom stereocenters. The highest BCUT2D eigenvalue weighted by Gasteiger charge is 2.15. The van der Waals surface area contributed by atoms with E-state index in [0.717, 1.165) is 17.7 Å². The van der Waals surface area contributed by atoms with Crippen LogP contribution in [0.5, 0.6) is 0 Å². The molecule has 2 rings (SSSR count). The van der Waals surface area contributed by atoms with Crippen molar-refractivity contribution in [1.29, 1.82) is 5.41 Å². The number of thiophene rings is 1. The predicted molar refractivity (Wildman–Crippen MR) is 83.3 cm³/mol. The zero-order chi connectivity index (χ0) is 13.8. The van der Waals surface area contributed by atoms with Gasteiger partial charge in [0.25, 0.3) is 0 Å². The predicted octanol–water partition coefficient (Wildman–Crippen LogP) is 3.10. The fraction of sp³-hybridized carbons (Fsp3) is 0.267. The molecule has 0 bridgehead atoms. The third-order valence-corrected chi connectivity index (χ3v) is 4.21. The van der Waals surface area contributed by atoms with Crippen LogP contribution in [0.4, 0.5) is 5.69 Å². The van der Waals surface area contributed by atoms with E-state index in [1.54, 1.807) is 11.3 Å². The number of anilines is 1. The number of rotatable bonds is 5. The van der Waals surface area contributed by atoms with E-state index in [9.17, 15) is 0 Å². The molecule has 1 heterocycles. The van der Waals surface area contributed by atoms with Gasteiger partial charge in [0.15, 0.2) is 0 Å². The first-order valence-electron chi connectivity index (χ1n) is 6.28. The SMILES string of the molecule is CC(Cc1cccs1)N(C)c1ccccc1C(=N)N. The number of nitrogens with zero attached hydrogens (tertiary/aromatic N) is 1. The molecule has 19 heavy (non-hydrogen) atoms. The second kappa shape index (κ2) is 5.89. The summed E-state index contributed by atoms with van der Waals surface area (Å²) in [4.78, 5) is 3.57. The number of nitrogen functional groups attached to an aromatic ring is 1. The van der Waals surface area contributed by atoms with E-state index in [0.29, 0.717) is 6.04 Å². The molecular formula is C15H19N3S. The van der Waals surface area contributed by atoms with Gasteiger partial charge in [-0.25, -0.2) is 0 Å². The van der Waals surface area contributed by atoms with Crippen LogP contribution in [0.2, 0.25) is 0 Å². The van der Waals surface area contributed by atoms with Gasteiger partial charge >= 0.3 is 0 Å². The van der Waals surface area contributed by atoms with Crippen molar-refractivity contribution in [2.75, 3.05) is 11.9 Å². The number of nitrogens with two attached hydrogens (primary N) is 1. The van der Waals surface area contributed by atoms with Crippen LogP contribution in [0.3, 0.4) is 0 Å². The highest BCUT2D eigenvalue weighted by atomic mass is 32.1. The van der Waals surface area contributed by atoms with Gasteiger partial charge in [0.2, 0.25) is 0 Å². The van der Waals surface area contributed by atoms with Gasteiger partial charge in [-0.2, -0.15) is 0 Å². The number of para-hydroxylation sites is 1. The summed E-state index contributed by atoms with van der Waals surface area (Å²) in [5, 5.41) is 9.76. The Bertz CT molecular complexity index is 548. The van der Waals surface area contributed by atoms with E-state index in [1.165, 1.54) is 4.88 Å². The maximum atomic E-state index is 7.66. The molecule has 3 nitrogen and oxygen atoms in total. The molecule has 0 aliphatic heterocycles. The Morgan fingerprint density at radius 3 is 2.68 bits per heavy atom. The van der Waals surface area contributed by atoms with Gasteiger partial charge in [-0.15, -0.1) is 11.3 Å². The fourth-order valence-corrected chi connectivity index (χ4v) is 2.93. The number of benzene rings is 1. The fourth-order valence-electron chi connectivity index (χ4n) is 2.10. The molecule has 0 saturated heterocycles. The maximum absolute atomic E-state index is 7.66. The van der Waals surface area contributed by atoms with Crippen molar-refractivity contribution < 1.29 is 0 Å². The average Bonchev–Trinajstić information content (AvgIpc) is 2.90. The minimum Gasteiger partial charge on any atom is -0.384 e. The van der Waals surface area contributed by atoms with Crippen molar-refractivity contribution in [3.8, 4) is 0 Å². The minimum absolute atomic E-state index is 0.116. The number of nitrogens with one attached hydrogen (secondary N) is 1. The Hall–Kier alpha value is -1.81. The lowest BCUT2D eigenvalue weighted by Gasteiger charge is -2.28.